The molecule has 4 fully saturated rings. The third kappa shape index (κ3) is 2.09. The minimum absolute atomic E-state index is 0.0281. The van der Waals surface area contributed by atoms with E-state index >= 15 is 0 Å². The van der Waals surface area contributed by atoms with Crippen LogP contribution in [0.3, 0.4) is 0 Å². The van der Waals surface area contributed by atoms with E-state index in [0.717, 1.165) is 34.6 Å². The fourth-order valence-electron chi connectivity index (χ4n) is 5.99. The van der Waals surface area contributed by atoms with E-state index in [2.05, 4.69) is 22.7 Å². The third-order valence-electron chi connectivity index (χ3n) is 6.42. The number of hydrogen-bond acceptors (Lipinski definition) is 2. The van der Waals surface area contributed by atoms with E-state index in [0.29, 0.717) is 0 Å². The Hall–Kier alpha value is -1.90. The molecule has 5 aliphatic rings. The Morgan fingerprint density at radius 1 is 1.00 bits per heavy atom. The Kier molecular flexibility index (Phi) is 2.82. The minimum atomic E-state index is -0.0281. The number of rotatable bonds is 2. The van der Waals surface area contributed by atoms with Gasteiger partial charge in [-0.15, -0.1) is 0 Å². The maximum absolute atomic E-state index is 12.4. The summed E-state index contributed by atoms with van der Waals surface area (Å²) in [5.41, 5.74) is 5.85. The van der Waals surface area contributed by atoms with Gasteiger partial charge in [-0.2, -0.15) is 5.10 Å². The number of carbonyl (C=O) groups excluding carboxylic acids is 1. The minimum Gasteiger partial charge on any atom is -0.267 e. The summed E-state index contributed by atoms with van der Waals surface area (Å²) < 4.78 is 0. The molecular formula is C20H22N2O. The smallest absolute Gasteiger partial charge is 0.267 e. The third-order valence-corrected chi connectivity index (χ3v) is 6.42. The maximum Gasteiger partial charge on any atom is 0.273 e. The normalized spacial score (nSPS) is 39.7. The molecule has 3 heteroatoms. The molecule has 0 saturated heterocycles. The van der Waals surface area contributed by atoms with Gasteiger partial charge in [-0.25, -0.2) is 5.43 Å². The molecular weight excluding hydrogens is 284 g/mol. The summed E-state index contributed by atoms with van der Waals surface area (Å²) in [5, 5.41) is 4.53. The Balaban J connectivity index is 1.54. The SMILES string of the molecule is O=C1NN=C(C23CC4CC(CC(C4)C2)C3)C1=Cc1ccccc1. The van der Waals surface area contributed by atoms with Crippen LogP contribution >= 0.6 is 0 Å². The van der Waals surface area contributed by atoms with E-state index in [1.54, 1.807) is 0 Å². The van der Waals surface area contributed by atoms with Gasteiger partial charge in [-0.05, 0) is 67.9 Å². The zero-order chi connectivity index (χ0) is 15.4. The molecule has 23 heavy (non-hydrogen) atoms. The summed E-state index contributed by atoms with van der Waals surface area (Å²) in [6.45, 7) is 0. The summed E-state index contributed by atoms with van der Waals surface area (Å²) in [6, 6.07) is 10.1. The molecule has 1 aromatic rings. The van der Waals surface area contributed by atoms with E-state index in [1.165, 1.54) is 38.5 Å². The van der Waals surface area contributed by atoms with Crippen molar-refractivity contribution in [1.29, 1.82) is 0 Å². The van der Waals surface area contributed by atoms with E-state index < -0.39 is 0 Å². The largest absolute Gasteiger partial charge is 0.273 e. The van der Waals surface area contributed by atoms with Crippen LogP contribution in [0.5, 0.6) is 0 Å². The van der Waals surface area contributed by atoms with Crippen LogP contribution in [0.15, 0.2) is 41.0 Å². The van der Waals surface area contributed by atoms with Crippen LogP contribution < -0.4 is 5.43 Å². The van der Waals surface area contributed by atoms with Gasteiger partial charge in [0, 0.05) is 5.41 Å². The van der Waals surface area contributed by atoms with Crippen molar-refractivity contribution in [2.75, 3.05) is 0 Å². The molecule has 1 aromatic carbocycles. The molecule has 1 heterocycles. The average molecular weight is 306 g/mol. The molecule has 0 atom stereocenters. The topological polar surface area (TPSA) is 41.5 Å². The van der Waals surface area contributed by atoms with Crippen molar-refractivity contribution >= 4 is 17.7 Å². The molecule has 4 saturated carbocycles. The van der Waals surface area contributed by atoms with Crippen molar-refractivity contribution in [1.82, 2.24) is 5.43 Å². The lowest BCUT2D eigenvalue weighted by molar-refractivity contribution is -0.116. The highest BCUT2D eigenvalue weighted by Crippen LogP contribution is 2.61. The molecule has 0 radical (unpaired) electrons. The number of amides is 1. The van der Waals surface area contributed by atoms with Gasteiger partial charge in [0.05, 0.1) is 11.3 Å². The molecule has 0 spiro atoms. The summed E-state index contributed by atoms with van der Waals surface area (Å²) in [7, 11) is 0. The summed E-state index contributed by atoms with van der Waals surface area (Å²) >= 11 is 0. The summed E-state index contributed by atoms with van der Waals surface area (Å²) in [5.74, 6) is 2.55. The number of carbonyl (C=O) groups is 1. The Bertz CT molecular complexity index is 681. The van der Waals surface area contributed by atoms with Gasteiger partial charge in [0.15, 0.2) is 0 Å². The van der Waals surface area contributed by atoms with Gasteiger partial charge in [0.1, 0.15) is 0 Å². The fourth-order valence-corrected chi connectivity index (χ4v) is 5.99. The first kappa shape index (κ1) is 13.5. The molecule has 0 unspecified atom stereocenters. The monoisotopic (exact) mass is 306 g/mol. The standard InChI is InChI=1S/C20H22N2O/c23-19-17(9-13-4-2-1-3-5-13)18(21-22-19)20-10-14-6-15(11-20)8-16(7-14)12-20/h1-5,9,14-16H,6-8,10-12H2,(H,22,23). The summed E-state index contributed by atoms with van der Waals surface area (Å²) in [4.78, 5) is 12.4. The highest BCUT2D eigenvalue weighted by Gasteiger charge is 2.55. The van der Waals surface area contributed by atoms with Crippen LogP contribution in [0.4, 0.5) is 0 Å². The van der Waals surface area contributed by atoms with Gasteiger partial charge in [-0.3, -0.25) is 4.79 Å². The zero-order valence-electron chi connectivity index (χ0n) is 13.3. The number of benzene rings is 1. The predicted molar refractivity (Wildman–Crippen MR) is 90.6 cm³/mol. The van der Waals surface area contributed by atoms with Gasteiger partial charge < -0.3 is 0 Å². The van der Waals surface area contributed by atoms with Crippen molar-refractivity contribution in [3.05, 3.63) is 41.5 Å². The first-order valence-corrected chi connectivity index (χ1v) is 8.87. The van der Waals surface area contributed by atoms with Crippen molar-refractivity contribution in [3.63, 3.8) is 0 Å². The summed E-state index contributed by atoms with van der Waals surface area (Å²) in [6.07, 6.45) is 9.96. The van der Waals surface area contributed by atoms with E-state index in [1.807, 2.05) is 24.3 Å². The molecule has 1 amide bonds. The van der Waals surface area contributed by atoms with Gasteiger partial charge in [0.2, 0.25) is 0 Å². The number of nitrogens with one attached hydrogen (secondary N) is 1. The molecule has 1 aliphatic heterocycles. The van der Waals surface area contributed by atoms with Crippen LogP contribution in [-0.4, -0.2) is 11.6 Å². The Morgan fingerprint density at radius 3 is 2.22 bits per heavy atom. The van der Waals surface area contributed by atoms with Crippen molar-refractivity contribution in [2.24, 2.45) is 28.3 Å². The maximum atomic E-state index is 12.4. The zero-order valence-corrected chi connectivity index (χ0v) is 13.3. The second-order valence-electron chi connectivity index (χ2n) is 8.07. The highest BCUT2D eigenvalue weighted by atomic mass is 16.2. The molecule has 0 aromatic heterocycles. The van der Waals surface area contributed by atoms with Gasteiger partial charge in [0.25, 0.3) is 5.91 Å². The second-order valence-corrected chi connectivity index (χ2v) is 8.07. The van der Waals surface area contributed by atoms with Crippen LogP contribution in [0.1, 0.15) is 44.1 Å². The van der Waals surface area contributed by atoms with Crippen molar-refractivity contribution in [3.8, 4) is 0 Å². The van der Waals surface area contributed by atoms with Crippen LogP contribution in [0.25, 0.3) is 6.08 Å². The fraction of sp³-hybridized carbons (Fsp3) is 0.500. The van der Waals surface area contributed by atoms with E-state index in [4.69, 9.17) is 0 Å². The van der Waals surface area contributed by atoms with Gasteiger partial charge in [-0.1, -0.05) is 30.3 Å². The first-order valence-electron chi connectivity index (χ1n) is 8.87. The second kappa shape index (κ2) is 4.80. The van der Waals surface area contributed by atoms with Crippen molar-refractivity contribution < 1.29 is 4.79 Å². The Labute approximate surface area is 136 Å². The van der Waals surface area contributed by atoms with Crippen LogP contribution in [0, 0.1) is 23.2 Å². The lowest BCUT2D eigenvalue weighted by atomic mass is 9.48. The highest BCUT2D eigenvalue weighted by molar-refractivity contribution is 6.29. The quantitative estimate of drug-likeness (QED) is 0.830. The molecule has 1 N–H and O–H groups in total. The van der Waals surface area contributed by atoms with Crippen LogP contribution in [0.2, 0.25) is 0 Å². The molecule has 4 aliphatic carbocycles. The van der Waals surface area contributed by atoms with E-state index in [9.17, 15) is 4.79 Å². The molecule has 3 nitrogen and oxygen atoms in total. The lowest BCUT2D eigenvalue weighted by Gasteiger charge is -2.56. The average Bonchev–Trinajstić information content (AvgIpc) is 2.89. The number of hydrazone groups is 1. The predicted octanol–water partition coefficient (Wildman–Crippen LogP) is 3.77. The van der Waals surface area contributed by atoms with Gasteiger partial charge >= 0.3 is 0 Å². The van der Waals surface area contributed by atoms with Crippen LogP contribution in [-0.2, 0) is 4.79 Å². The van der Waals surface area contributed by atoms with E-state index in [-0.39, 0.29) is 11.3 Å². The molecule has 6 rings (SSSR count). The first-order chi connectivity index (χ1) is 11.2. The number of hydrogen-bond donors (Lipinski definition) is 1. The van der Waals surface area contributed by atoms with Crippen molar-refractivity contribution in [2.45, 2.75) is 38.5 Å². The lowest BCUT2D eigenvalue weighted by Crippen LogP contribution is -2.50. The Morgan fingerprint density at radius 2 is 1.61 bits per heavy atom. The molecule has 4 bridgehead atoms. The molecule has 118 valence electrons. The number of nitrogens with zero attached hydrogens (tertiary/aromatic N) is 1.